The van der Waals surface area contributed by atoms with Gasteiger partial charge < -0.3 is 13.9 Å². The molecule has 1 aromatic carbocycles. The van der Waals surface area contributed by atoms with Crippen LogP contribution in [-0.4, -0.2) is 19.0 Å². The van der Waals surface area contributed by atoms with Gasteiger partial charge >= 0.3 is 5.97 Å². The monoisotopic (exact) mass is 347 g/mol. The molecule has 0 radical (unpaired) electrons. The molecule has 21 heavy (non-hydrogen) atoms. The standard InChI is InChI=1S/C15H10BrNO4/c1-19-10-4-2-3-9(7-10)8-11-15(18)21-14(17-11)12-5-6-13(16)20-12/h2-8H,1H3/b11-8+. The third-order valence-corrected chi connectivity index (χ3v) is 3.23. The Morgan fingerprint density at radius 2 is 2.14 bits per heavy atom. The van der Waals surface area contributed by atoms with Crippen LogP contribution in [0.4, 0.5) is 0 Å². The SMILES string of the molecule is COc1cccc(/C=C2/N=C(c3ccc(Br)o3)OC2=O)c1. The van der Waals surface area contributed by atoms with E-state index in [9.17, 15) is 4.79 Å². The molecule has 106 valence electrons. The summed E-state index contributed by atoms with van der Waals surface area (Å²) in [7, 11) is 1.58. The summed E-state index contributed by atoms with van der Waals surface area (Å²) in [5, 5.41) is 0. The Labute approximate surface area is 129 Å². The molecule has 2 heterocycles. The smallest absolute Gasteiger partial charge is 0.363 e. The number of halogens is 1. The number of furan rings is 1. The number of hydrogen-bond acceptors (Lipinski definition) is 5. The lowest BCUT2D eigenvalue weighted by atomic mass is 10.2. The van der Waals surface area contributed by atoms with E-state index >= 15 is 0 Å². The molecular formula is C15H10BrNO4. The quantitative estimate of drug-likeness (QED) is 0.630. The molecule has 0 amide bonds. The van der Waals surface area contributed by atoms with E-state index in [0.29, 0.717) is 16.2 Å². The zero-order chi connectivity index (χ0) is 14.8. The van der Waals surface area contributed by atoms with Crippen molar-refractivity contribution in [2.24, 2.45) is 4.99 Å². The summed E-state index contributed by atoms with van der Waals surface area (Å²) in [6, 6.07) is 10.7. The number of methoxy groups -OCH3 is 1. The average Bonchev–Trinajstić information content (AvgIpc) is 3.06. The molecule has 1 aliphatic heterocycles. The van der Waals surface area contributed by atoms with Crippen LogP contribution in [0, 0.1) is 0 Å². The van der Waals surface area contributed by atoms with Gasteiger partial charge in [0.2, 0.25) is 0 Å². The van der Waals surface area contributed by atoms with E-state index < -0.39 is 5.97 Å². The normalized spacial score (nSPS) is 16.0. The third-order valence-electron chi connectivity index (χ3n) is 2.80. The zero-order valence-corrected chi connectivity index (χ0v) is 12.6. The summed E-state index contributed by atoms with van der Waals surface area (Å²) in [6.45, 7) is 0. The zero-order valence-electron chi connectivity index (χ0n) is 11.0. The minimum absolute atomic E-state index is 0.153. The Kier molecular flexibility index (Phi) is 3.62. The highest BCUT2D eigenvalue weighted by Gasteiger charge is 2.26. The lowest BCUT2D eigenvalue weighted by molar-refractivity contribution is -0.130. The van der Waals surface area contributed by atoms with E-state index in [1.54, 1.807) is 31.4 Å². The van der Waals surface area contributed by atoms with Crippen molar-refractivity contribution in [1.29, 1.82) is 0 Å². The lowest BCUT2D eigenvalue weighted by Crippen LogP contribution is -2.04. The molecule has 1 aliphatic rings. The minimum atomic E-state index is -0.514. The highest BCUT2D eigenvalue weighted by molar-refractivity contribution is 9.10. The largest absolute Gasteiger partial charge is 0.497 e. The summed E-state index contributed by atoms with van der Waals surface area (Å²) in [6.07, 6.45) is 1.63. The number of cyclic esters (lactones) is 1. The molecule has 0 atom stereocenters. The number of nitrogens with zero attached hydrogens (tertiary/aromatic N) is 1. The van der Waals surface area contributed by atoms with Crippen LogP contribution in [0.2, 0.25) is 0 Å². The predicted molar refractivity (Wildman–Crippen MR) is 80.0 cm³/mol. The molecule has 0 N–H and O–H groups in total. The van der Waals surface area contributed by atoms with Gasteiger partial charge in [0.15, 0.2) is 16.1 Å². The first-order valence-corrected chi connectivity index (χ1v) is 6.87. The summed E-state index contributed by atoms with van der Waals surface area (Å²) >= 11 is 3.19. The van der Waals surface area contributed by atoms with Crippen LogP contribution >= 0.6 is 15.9 Å². The molecule has 6 heteroatoms. The molecule has 2 aromatic rings. The second kappa shape index (κ2) is 5.57. The van der Waals surface area contributed by atoms with Gasteiger partial charge in [-0.05, 0) is 51.8 Å². The number of carbonyl (C=O) groups is 1. The Hall–Kier alpha value is -2.34. The van der Waals surface area contributed by atoms with Crippen LogP contribution in [0.15, 0.2) is 56.2 Å². The summed E-state index contributed by atoms with van der Waals surface area (Å²) in [5.74, 6) is 0.735. The first kappa shape index (κ1) is 13.6. The molecule has 0 spiro atoms. The topological polar surface area (TPSA) is 61.0 Å². The maximum absolute atomic E-state index is 11.8. The molecule has 0 bridgehead atoms. The molecule has 0 unspecified atom stereocenters. The third kappa shape index (κ3) is 2.90. The molecule has 1 aromatic heterocycles. The second-order valence-electron chi connectivity index (χ2n) is 4.22. The second-order valence-corrected chi connectivity index (χ2v) is 5.00. The number of esters is 1. The van der Waals surface area contributed by atoms with Crippen molar-refractivity contribution in [3.8, 4) is 5.75 Å². The first-order chi connectivity index (χ1) is 10.2. The fourth-order valence-electron chi connectivity index (χ4n) is 1.83. The van der Waals surface area contributed by atoms with Crippen LogP contribution in [0.3, 0.4) is 0 Å². The van der Waals surface area contributed by atoms with Crippen LogP contribution in [0.5, 0.6) is 5.75 Å². The van der Waals surface area contributed by atoms with E-state index in [1.165, 1.54) is 0 Å². The van der Waals surface area contributed by atoms with Gasteiger partial charge in [-0.25, -0.2) is 9.79 Å². The van der Waals surface area contributed by atoms with Gasteiger partial charge in [0.05, 0.1) is 7.11 Å². The number of benzene rings is 1. The van der Waals surface area contributed by atoms with E-state index in [-0.39, 0.29) is 11.6 Å². The first-order valence-electron chi connectivity index (χ1n) is 6.08. The van der Waals surface area contributed by atoms with Crippen molar-refractivity contribution in [3.05, 3.63) is 58.1 Å². The van der Waals surface area contributed by atoms with Crippen LogP contribution in [0.1, 0.15) is 11.3 Å². The summed E-state index contributed by atoms with van der Waals surface area (Å²) in [4.78, 5) is 16.0. The highest BCUT2D eigenvalue weighted by atomic mass is 79.9. The molecule has 0 aliphatic carbocycles. The fourth-order valence-corrected chi connectivity index (χ4v) is 2.14. The maximum Gasteiger partial charge on any atom is 0.363 e. The van der Waals surface area contributed by atoms with Crippen molar-refractivity contribution < 1.29 is 18.7 Å². The molecule has 5 nitrogen and oxygen atoms in total. The van der Waals surface area contributed by atoms with Gasteiger partial charge in [-0.15, -0.1) is 0 Å². The summed E-state index contributed by atoms with van der Waals surface area (Å²) < 4.78 is 16.1. The minimum Gasteiger partial charge on any atom is -0.497 e. The van der Waals surface area contributed by atoms with E-state index in [1.807, 2.05) is 18.2 Å². The molecule has 0 saturated carbocycles. The van der Waals surface area contributed by atoms with E-state index in [2.05, 4.69) is 20.9 Å². The van der Waals surface area contributed by atoms with Gasteiger partial charge in [0, 0.05) is 0 Å². The number of ether oxygens (including phenoxy) is 2. The van der Waals surface area contributed by atoms with Gasteiger partial charge in [-0.2, -0.15) is 0 Å². The van der Waals surface area contributed by atoms with Crippen molar-refractivity contribution in [2.45, 2.75) is 0 Å². The van der Waals surface area contributed by atoms with Crippen molar-refractivity contribution in [2.75, 3.05) is 7.11 Å². The Morgan fingerprint density at radius 1 is 1.29 bits per heavy atom. The Morgan fingerprint density at radius 3 is 2.86 bits per heavy atom. The Balaban J connectivity index is 1.92. The lowest BCUT2D eigenvalue weighted by Gasteiger charge is -2.00. The van der Waals surface area contributed by atoms with Crippen LogP contribution in [0.25, 0.3) is 6.08 Å². The van der Waals surface area contributed by atoms with Crippen LogP contribution < -0.4 is 4.74 Å². The van der Waals surface area contributed by atoms with Crippen LogP contribution in [-0.2, 0) is 9.53 Å². The predicted octanol–water partition coefficient (Wildman–Crippen LogP) is 3.40. The van der Waals surface area contributed by atoms with Gasteiger partial charge in [0.25, 0.3) is 5.90 Å². The summed E-state index contributed by atoms with van der Waals surface area (Å²) in [5.41, 5.74) is 1.01. The number of rotatable bonds is 3. The fraction of sp³-hybridized carbons (Fsp3) is 0.0667. The highest BCUT2D eigenvalue weighted by Crippen LogP contribution is 2.23. The van der Waals surface area contributed by atoms with Crippen molar-refractivity contribution in [1.82, 2.24) is 0 Å². The molecule has 0 saturated heterocycles. The van der Waals surface area contributed by atoms with Crippen molar-refractivity contribution >= 4 is 33.9 Å². The molecule has 0 fully saturated rings. The van der Waals surface area contributed by atoms with Crippen molar-refractivity contribution in [3.63, 3.8) is 0 Å². The number of aliphatic imine (C=N–C) groups is 1. The average molecular weight is 348 g/mol. The molecule has 3 rings (SSSR count). The Bertz CT molecular complexity index is 761. The maximum atomic E-state index is 11.8. The molecular weight excluding hydrogens is 338 g/mol. The van der Waals surface area contributed by atoms with E-state index in [0.717, 1.165) is 5.56 Å². The van der Waals surface area contributed by atoms with E-state index in [4.69, 9.17) is 13.9 Å². The number of carbonyl (C=O) groups excluding carboxylic acids is 1. The number of hydrogen-bond donors (Lipinski definition) is 0. The van der Waals surface area contributed by atoms with Gasteiger partial charge in [-0.3, -0.25) is 0 Å². The van der Waals surface area contributed by atoms with Gasteiger partial charge in [-0.1, -0.05) is 12.1 Å². The van der Waals surface area contributed by atoms with Gasteiger partial charge in [0.1, 0.15) is 5.75 Å².